The molecule has 4 aliphatic rings. The summed E-state index contributed by atoms with van der Waals surface area (Å²) in [5.41, 5.74) is -0.821. The molecule has 1 amide bonds. The lowest BCUT2D eigenvalue weighted by atomic mass is 9.61. The number of carbonyl (C=O) groups excluding carboxylic acids is 1. The third kappa shape index (κ3) is 2.41. The van der Waals surface area contributed by atoms with Crippen molar-refractivity contribution in [3.05, 3.63) is 23.9 Å². The van der Waals surface area contributed by atoms with Crippen LogP contribution in [0.25, 0.3) is 0 Å². The van der Waals surface area contributed by atoms with E-state index in [2.05, 4.69) is 10.3 Å². The molecule has 3 saturated heterocycles. The number of anilines is 1. The lowest BCUT2D eigenvalue weighted by Gasteiger charge is -2.50. The van der Waals surface area contributed by atoms with E-state index in [1.54, 1.807) is 4.90 Å². The van der Waals surface area contributed by atoms with Crippen molar-refractivity contribution in [2.75, 3.05) is 18.0 Å². The van der Waals surface area contributed by atoms with Gasteiger partial charge in [-0.2, -0.15) is 13.2 Å². The smallest absolute Gasteiger partial charge is 0.314 e. The van der Waals surface area contributed by atoms with Crippen LogP contribution >= 0.6 is 0 Å². The zero-order chi connectivity index (χ0) is 16.2. The Labute approximate surface area is 132 Å². The molecule has 1 saturated carbocycles. The van der Waals surface area contributed by atoms with Crippen LogP contribution in [-0.4, -0.2) is 30.0 Å². The highest BCUT2D eigenvalue weighted by Crippen LogP contribution is 2.51. The quantitative estimate of drug-likeness (QED) is 0.863. The zero-order valence-electron chi connectivity index (χ0n) is 12.6. The van der Waals surface area contributed by atoms with E-state index in [9.17, 15) is 18.0 Å². The number of amides is 1. The van der Waals surface area contributed by atoms with Gasteiger partial charge in [-0.1, -0.05) is 0 Å². The number of carbonyl (C=O) groups is 1. The van der Waals surface area contributed by atoms with E-state index in [0.717, 1.165) is 38.1 Å². The highest BCUT2D eigenvalue weighted by Gasteiger charge is 2.54. The predicted molar refractivity (Wildman–Crippen MR) is 77.8 cm³/mol. The molecule has 0 radical (unpaired) electrons. The van der Waals surface area contributed by atoms with E-state index in [-0.39, 0.29) is 11.3 Å². The average molecular weight is 325 g/mol. The van der Waals surface area contributed by atoms with Gasteiger partial charge in [0.1, 0.15) is 5.82 Å². The van der Waals surface area contributed by atoms with E-state index in [0.29, 0.717) is 30.7 Å². The Kier molecular flexibility index (Phi) is 3.20. The fraction of sp³-hybridized carbons (Fsp3) is 0.625. The van der Waals surface area contributed by atoms with Crippen LogP contribution in [0.3, 0.4) is 0 Å². The van der Waals surface area contributed by atoms with Crippen LogP contribution in [0.1, 0.15) is 31.2 Å². The Morgan fingerprint density at radius 3 is 2.65 bits per heavy atom. The number of pyridine rings is 1. The van der Waals surface area contributed by atoms with Gasteiger partial charge in [0.2, 0.25) is 5.91 Å². The molecule has 7 heteroatoms. The molecule has 3 atom stereocenters. The molecule has 2 bridgehead atoms. The molecule has 3 aliphatic heterocycles. The van der Waals surface area contributed by atoms with Crippen molar-refractivity contribution >= 4 is 11.7 Å². The first kappa shape index (κ1) is 14.9. The molecule has 4 heterocycles. The van der Waals surface area contributed by atoms with Crippen LogP contribution in [0.4, 0.5) is 19.0 Å². The number of fused-ring (bicyclic) bond motifs is 2. The minimum atomic E-state index is -4.41. The highest BCUT2D eigenvalue weighted by molar-refractivity contribution is 5.95. The number of hydrogen-bond acceptors (Lipinski definition) is 3. The SMILES string of the molecule is O=C1C[C@@]2(CC3CCC2CN3)CN1c1ccc(C(F)(F)F)cn1. The van der Waals surface area contributed by atoms with E-state index >= 15 is 0 Å². The minimum Gasteiger partial charge on any atom is -0.314 e. The van der Waals surface area contributed by atoms with Gasteiger partial charge in [0.25, 0.3) is 0 Å². The van der Waals surface area contributed by atoms with Crippen LogP contribution < -0.4 is 10.2 Å². The number of piperidine rings is 2. The molecule has 1 spiro atoms. The number of rotatable bonds is 1. The molecule has 1 aliphatic carbocycles. The molecule has 1 aromatic rings. The molecule has 5 rings (SSSR count). The summed E-state index contributed by atoms with van der Waals surface area (Å²) in [6, 6.07) is 2.77. The molecule has 4 nitrogen and oxygen atoms in total. The monoisotopic (exact) mass is 325 g/mol. The molecule has 1 N–H and O–H groups in total. The molecule has 4 fully saturated rings. The van der Waals surface area contributed by atoms with Crippen LogP contribution in [0.5, 0.6) is 0 Å². The maximum absolute atomic E-state index is 12.6. The van der Waals surface area contributed by atoms with Gasteiger partial charge in [-0.3, -0.25) is 9.69 Å². The molecule has 2 unspecified atom stereocenters. The summed E-state index contributed by atoms with van der Waals surface area (Å²) in [5.74, 6) is 0.773. The Balaban J connectivity index is 1.57. The summed E-state index contributed by atoms with van der Waals surface area (Å²) in [6.45, 7) is 1.51. The molecule has 124 valence electrons. The average Bonchev–Trinajstić information content (AvgIpc) is 2.84. The van der Waals surface area contributed by atoms with Crippen molar-refractivity contribution < 1.29 is 18.0 Å². The lowest BCUT2D eigenvalue weighted by molar-refractivity contribution is -0.137. The van der Waals surface area contributed by atoms with Crippen molar-refractivity contribution in [2.24, 2.45) is 11.3 Å². The standard InChI is InChI=1S/C16H18F3N3O/c17-16(18,19)11-2-4-13(21-8-11)22-9-15(6-14(22)23)5-12-3-1-10(15)7-20-12/h2,4,8,10,12,20H,1,3,5-7,9H2/t10?,12?,15-/m0/s1. The minimum absolute atomic E-state index is 0.0233. The van der Waals surface area contributed by atoms with E-state index in [4.69, 9.17) is 0 Å². The second-order valence-electron chi connectivity index (χ2n) is 7.01. The Morgan fingerprint density at radius 1 is 1.30 bits per heavy atom. The second-order valence-corrected chi connectivity index (χ2v) is 7.01. The van der Waals surface area contributed by atoms with Crippen molar-refractivity contribution in [2.45, 2.75) is 37.9 Å². The third-order valence-corrected chi connectivity index (χ3v) is 5.66. The lowest BCUT2D eigenvalue weighted by Crippen LogP contribution is -2.55. The van der Waals surface area contributed by atoms with Gasteiger partial charge in [0, 0.05) is 30.6 Å². The summed E-state index contributed by atoms with van der Waals surface area (Å²) in [4.78, 5) is 17.9. The van der Waals surface area contributed by atoms with Crippen molar-refractivity contribution in [1.82, 2.24) is 10.3 Å². The van der Waals surface area contributed by atoms with Crippen LogP contribution in [0.15, 0.2) is 18.3 Å². The summed E-state index contributed by atoms with van der Waals surface area (Å²) in [6.07, 6.45) is 0.135. The van der Waals surface area contributed by atoms with Crippen molar-refractivity contribution in [3.63, 3.8) is 0 Å². The van der Waals surface area contributed by atoms with E-state index < -0.39 is 11.7 Å². The topological polar surface area (TPSA) is 45.2 Å². The first-order chi connectivity index (χ1) is 10.9. The van der Waals surface area contributed by atoms with E-state index in [1.165, 1.54) is 6.07 Å². The summed E-state index contributed by atoms with van der Waals surface area (Å²) < 4.78 is 37.9. The maximum atomic E-state index is 12.6. The summed E-state index contributed by atoms with van der Waals surface area (Å²) in [5, 5.41) is 3.49. The van der Waals surface area contributed by atoms with Crippen LogP contribution in [0.2, 0.25) is 0 Å². The number of nitrogens with one attached hydrogen (secondary N) is 1. The second kappa shape index (κ2) is 4.93. The zero-order valence-corrected chi connectivity index (χ0v) is 12.6. The van der Waals surface area contributed by atoms with Gasteiger partial charge in [-0.05, 0) is 43.9 Å². The van der Waals surface area contributed by atoms with Crippen molar-refractivity contribution in [1.29, 1.82) is 0 Å². The fourth-order valence-electron chi connectivity index (χ4n) is 4.46. The highest BCUT2D eigenvalue weighted by atomic mass is 19.4. The number of halogens is 3. The molecule has 1 aromatic heterocycles. The van der Waals surface area contributed by atoms with Gasteiger partial charge in [0.05, 0.1) is 5.56 Å². The number of aromatic nitrogens is 1. The van der Waals surface area contributed by atoms with Gasteiger partial charge >= 0.3 is 6.18 Å². The summed E-state index contributed by atoms with van der Waals surface area (Å²) in [7, 11) is 0. The number of nitrogens with zero attached hydrogens (tertiary/aromatic N) is 2. The Hall–Kier alpha value is -1.63. The largest absolute Gasteiger partial charge is 0.417 e. The molecular weight excluding hydrogens is 307 g/mol. The van der Waals surface area contributed by atoms with Crippen LogP contribution in [0, 0.1) is 11.3 Å². The molecule has 0 aromatic carbocycles. The van der Waals surface area contributed by atoms with Gasteiger partial charge < -0.3 is 5.32 Å². The Bertz CT molecular complexity index is 622. The summed E-state index contributed by atoms with van der Waals surface area (Å²) >= 11 is 0. The maximum Gasteiger partial charge on any atom is 0.417 e. The first-order valence-electron chi connectivity index (χ1n) is 7.94. The molecule has 23 heavy (non-hydrogen) atoms. The molecular formula is C16H18F3N3O. The predicted octanol–water partition coefficient (Wildman–Crippen LogP) is 2.60. The van der Waals surface area contributed by atoms with Crippen molar-refractivity contribution in [3.8, 4) is 0 Å². The van der Waals surface area contributed by atoms with E-state index in [1.807, 2.05) is 0 Å². The third-order valence-electron chi connectivity index (χ3n) is 5.66. The number of hydrogen-bond donors (Lipinski definition) is 1. The first-order valence-corrected chi connectivity index (χ1v) is 7.94. The Morgan fingerprint density at radius 2 is 2.13 bits per heavy atom. The van der Waals surface area contributed by atoms with Gasteiger partial charge in [-0.15, -0.1) is 0 Å². The normalized spacial score (nSPS) is 33.7. The fourth-order valence-corrected chi connectivity index (χ4v) is 4.46. The van der Waals surface area contributed by atoms with Gasteiger partial charge in [0.15, 0.2) is 0 Å². The number of alkyl halides is 3. The van der Waals surface area contributed by atoms with Crippen LogP contribution in [-0.2, 0) is 11.0 Å². The van der Waals surface area contributed by atoms with Gasteiger partial charge in [-0.25, -0.2) is 4.98 Å².